The van der Waals surface area contributed by atoms with Crippen LogP contribution < -0.4 is 20.5 Å². The Kier molecular flexibility index (Phi) is 3.19. The van der Waals surface area contributed by atoms with Crippen LogP contribution in [0, 0.1) is 0 Å². The van der Waals surface area contributed by atoms with Gasteiger partial charge in [-0.3, -0.25) is 4.79 Å². The van der Waals surface area contributed by atoms with Gasteiger partial charge >= 0.3 is 0 Å². The van der Waals surface area contributed by atoms with E-state index in [0.717, 1.165) is 11.3 Å². The van der Waals surface area contributed by atoms with Crippen molar-refractivity contribution in [2.75, 3.05) is 13.7 Å². The van der Waals surface area contributed by atoms with Crippen molar-refractivity contribution in [3.63, 3.8) is 0 Å². The second-order valence-corrected chi connectivity index (χ2v) is 3.99. The van der Waals surface area contributed by atoms with Gasteiger partial charge in [-0.2, -0.15) is 0 Å². The summed E-state index contributed by atoms with van der Waals surface area (Å²) in [5.74, 6) is 1.18. The Balaban J connectivity index is 2.11. The molecule has 2 rings (SSSR count). The minimum Gasteiger partial charge on any atom is -0.491 e. The van der Waals surface area contributed by atoms with E-state index in [4.69, 9.17) is 15.2 Å². The zero-order chi connectivity index (χ0) is 12.4. The maximum atomic E-state index is 11.3. The van der Waals surface area contributed by atoms with Gasteiger partial charge in [0.15, 0.2) is 6.10 Å². The molecule has 92 valence electrons. The highest BCUT2D eigenvalue weighted by Gasteiger charge is 2.21. The number of likely N-dealkylation sites (N-methyl/N-ethyl adjacent to an activating group) is 1. The Morgan fingerprint density at radius 2 is 2.41 bits per heavy atom. The largest absolute Gasteiger partial charge is 0.491 e. The van der Waals surface area contributed by atoms with Crippen LogP contribution in [0.4, 0.5) is 0 Å². The van der Waals surface area contributed by atoms with Gasteiger partial charge < -0.3 is 20.5 Å². The van der Waals surface area contributed by atoms with Crippen molar-refractivity contribution in [2.24, 2.45) is 5.73 Å². The minimum atomic E-state index is -0.534. The highest BCUT2D eigenvalue weighted by Crippen LogP contribution is 2.34. The van der Waals surface area contributed by atoms with Gasteiger partial charge in [0.2, 0.25) is 0 Å². The second kappa shape index (κ2) is 4.63. The number of carbonyl (C=O) groups excluding carboxylic acids is 1. The summed E-state index contributed by atoms with van der Waals surface area (Å²) >= 11 is 0. The number of carbonyl (C=O) groups is 1. The number of nitrogens with two attached hydrogens (primary N) is 1. The van der Waals surface area contributed by atoms with Gasteiger partial charge in [0.25, 0.3) is 5.91 Å². The van der Waals surface area contributed by atoms with Crippen LogP contribution in [0.25, 0.3) is 0 Å². The number of hydrogen-bond donors (Lipinski definition) is 2. The molecule has 17 heavy (non-hydrogen) atoms. The standard InChI is InChI=1S/C12H16N2O3/c1-7(12(15)14-2)17-8-3-4-9-10(13)6-16-11(9)5-8/h3-5,7,10H,6,13H2,1-2H3,(H,14,15). The molecular formula is C12H16N2O3. The lowest BCUT2D eigenvalue weighted by Gasteiger charge is -2.13. The monoisotopic (exact) mass is 236 g/mol. The third-order valence-corrected chi connectivity index (χ3v) is 2.73. The SMILES string of the molecule is CNC(=O)C(C)Oc1ccc2c(c1)OCC2N. The first-order chi connectivity index (χ1) is 8.11. The predicted molar refractivity (Wildman–Crippen MR) is 63.0 cm³/mol. The molecule has 0 saturated carbocycles. The number of benzene rings is 1. The number of rotatable bonds is 3. The van der Waals surface area contributed by atoms with Gasteiger partial charge in [0.05, 0.1) is 6.04 Å². The number of fused-ring (bicyclic) bond motifs is 1. The summed E-state index contributed by atoms with van der Waals surface area (Å²) in [5, 5.41) is 2.53. The molecule has 1 aromatic carbocycles. The summed E-state index contributed by atoms with van der Waals surface area (Å²) in [6, 6.07) is 5.36. The molecule has 5 heteroatoms. The summed E-state index contributed by atoms with van der Waals surface area (Å²) in [5.41, 5.74) is 6.81. The molecule has 1 amide bonds. The first kappa shape index (κ1) is 11.7. The first-order valence-electron chi connectivity index (χ1n) is 5.52. The molecule has 3 N–H and O–H groups in total. The Labute approximate surface area is 99.9 Å². The van der Waals surface area contributed by atoms with E-state index in [9.17, 15) is 4.79 Å². The predicted octanol–water partition coefficient (Wildman–Crippen LogP) is 0.592. The van der Waals surface area contributed by atoms with E-state index in [1.54, 1.807) is 26.1 Å². The smallest absolute Gasteiger partial charge is 0.260 e. The lowest BCUT2D eigenvalue weighted by molar-refractivity contribution is -0.126. The van der Waals surface area contributed by atoms with E-state index < -0.39 is 6.10 Å². The summed E-state index contributed by atoms with van der Waals surface area (Å²) in [7, 11) is 1.58. The Morgan fingerprint density at radius 1 is 1.65 bits per heavy atom. The molecule has 0 spiro atoms. The number of nitrogens with one attached hydrogen (secondary N) is 1. The molecule has 2 atom stereocenters. The molecule has 1 aliphatic heterocycles. The van der Waals surface area contributed by atoms with E-state index in [-0.39, 0.29) is 11.9 Å². The average Bonchev–Trinajstić information content (AvgIpc) is 2.69. The average molecular weight is 236 g/mol. The maximum Gasteiger partial charge on any atom is 0.260 e. The van der Waals surface area contributed by atoms with Crippen molar-refractivity contribution < 1.29 is 14.3 Å². The van der Waals surface area contributed by atoms with E-state index >= 15 is 0 Å². The van der Waals surface area contributed by atoms with Crippen LogP contribution in [0.5, 0.6) is 11.5 Å². The number of ether oxygens (including phenoxy) is 2. The van der Waals surface area contributed by atoms with E-state index in [1.807, 2.05) is 6.07 Å². The summed E-state index contributed by atoms with van der Waals surface area (Å²) < 4.78 is 10.9. The normalized spacial score (nSPS) is 19.1. The molecule has 1 aliphatic rings. The van der Waals surface area contributed by atoms with Gasteiger partial charge in [0, 0.05) is 18.7 Å². The first-order valence-corrected chi connectivity index (χ1v) is 5.52. The second-order valence-electron chi connectivity index (χ2n) is 3.99. The molecule has 0 saturated heterocycles. The van der Waals surface area contributed by atoms with Crippen molar-refractivity contribution in [2.45, 2.75) is 19.1 Å². The van der Waals surface area contributed by atoms with Crippen molar-refractivity contribution in [3.05, 3.63) is 23.8 Å². The Hall–Kier alpha value is -1.75. The third kappa shape index (κ3) is 2.34. The van der Waals surface area contributed by atoms with Gasteiger partial charge in [-0.1, -0.05) is 0 Å². The van der Waals surface area contributed by atoms with Crippen molar-refractivity contribution in [1.29, 1.82) is 0 Å². The molecule has 0 aromatic heterocycles. The summed E-state index contributed by atoms with van der Waals surface area (Å²) in [4.78, 5) is 11.3. The number of hydrogen-bond acceptors (Lipinski definition) is 4. The van der Waals surface area contributed by atoms with Crippen LogP contribution in [0.3, 0.4) is 0 Å². The maximum absolute atomic E-state index is 11.3. The van der Waals surface area contributed by atoms with E-state index in [0.29, 0.717) is 12.4 Å². The van der Waals surface area contributed by atoms with Gasteiger partial charge in [-0.05, 0) is 19.1 Å². The van der Waals surface area contributed by atoms with Gasteiger partial charge in [-0.15, -0.1) is 0 Å². The molecule has 0 fully saturated rings. The molecule has 1 heterocycles. The van der Waals surface area contributed by atoms with Crippen LogP contribution in [0.2, 0.25) is 0 Å². The fourth-order valence-electron chi connectivity index (χ4n) is 1.75. The zero-order valence-corrected chi connectivity index (χ0v) is 9.90. The van der Waals surface area contributed by atoms with Crippen LogP contribution in [0.15, 0.2) is 18.2 Å². The highest BCUT2D eigenvalue weighted by atomic mass is 16.5. The molecule has 0 bridgehead atoms. The lowest BCUT2D eigenvalue weighted by atomic mass is 10.1. The fraction of sp³-hybridized carbons (Fsp3) is 0.417. The fourth-order valence-corrected chi connectivity index (χ4v) is 1.75. The third-order valence-electron chi connectivity index (χ3n) is 2.73. The van der Waals surface area contributed by atoms with Crippen LogP contribution in [0.1, 0.15) is 18.5 Å². The summed E-state index contributed by atoms with van der Waals surface area (Å²) in [6.45, 7) is 2.18. The van der Waals surface area contributed by atoms with E-state index in [2.05, 4.69) is 5.32 Å². The van der Waals surface area contributed by atoms with Crippen LogP contribution in [-0.4, -0.2) is 25.7 Å². The van der Waals surface area contributed by atoms with E-state index in [1.165, 1.54) is 0 Å². The minimum absolute atomic E-state index is 0.0737. The zero-order valence-electron chi connectivity index (χ0n) is 9.90. The van der Waals surface area contributed by atoms with Crippen molar-refractivity contribution >= 4 is 5.91 Å². The molecular weight excluding hydrogens is 220 g/mol. The molecule has 0 radical (unpaired) electrons. The topological polar surface area (TPSA) is 73.6 Å². The molecule has 5 nitrogen and oxygen atoms in total. The van der Waals surface area contributed by atoms with Gasteiger partial charge in [-0.25, -0.2) is 0 Å². The van der Waals surface area contributed by atoms with Gasteiger partial charge in [0.1, 0.15) is 18.1 Å². The quantitative estimate of drug-likeness (QED) is 0.805. The van der Waals surface area contributed by atoms with Crippen LogP contribution in [-0.2, 0) is 4.79 Å². The van der Waals surface area contributed by atoms with Crippen molar-refractivity contribution in [3.8, 4) is 11.5 Å². The molecule has 0 aliphatic carbocycles. The molecule has 1 aromatic rings. The highest BCUT2D eigenvalue weighted by molar-refractivity contribution is 5.80. The number of amides is 1. The Bertz CT molecular complexity index is 434. The Morgan fingerprint density at radius 3 is 3.12 bits per heavy atom. The van der Waals surface area contributed by atoms with Crippen LogP contribution >= 0.6 is 0 Å². The van der Waals surface area contributed by atoms with Crippen molar-refractivity contribution in [1.82, 2.24) is 5.32 Å². The molecule has 2 unspecified atom stereocenters. The lowest BCUT2D eigenvalue weighted by Crippen LogP contribution is -2.33. The summed E-state index contributed by atoms with van der Waals surface area (Å²) in [6.07, 6.45) is -0.534.